The zero-order valence-corrected chi connectivity index (χ0v) is 20.1. The van der Waals surface area contributed by atoms with Crippen LogP contribution in [-0.4, -0.2) is 48.9 Å². The van der Waals surface area contributed by atoms with E-state index >= 15 is 0 Å². The quantitative estimate of drug-likeness (QED) is 0.523. The zero-order chi connectivity index (χ0) is 24.3. The van der Waals surface area contributed by atoms with E-state index in [4.69, 9.17) is 18.9 Å². The van der Waals surface area contributed by atoms with Gasteiger partial charge in [-0.1, -0.05) is 36.4 Å². The van der Waals surface area contributed by atoms with Crippen LogP contribution >= 0.6 is 0 Å². The number of benzene rings is 2. The van der Waals surface area contributed by atoms with Crippen LogP contribution in [0.25, 0.3) is 0 Å². The summed E-state index contributed by atoms with van der Waals surface area (Å²) in [4.78, 5) is 18.5. The normalized spacial score (nSPS) is 19.8. The Morgan fingerprint density at radius 3 is 2.63 bits per heavy atom. The van der Waals surface area contributed by atoms with Crippen molar-refractivity contribution in [2.45, 2.75) is 38.1 Å². The van der Waals surface area contributed by atoms with Gasteiger partial charge in [-0.15, -0.1) is 0 Å². The van der Waals surface area contributed by atoms with Crippen LogP contribution in [0.5, 0.6) is 11.5 Å². The van der Waals surface area contributed by atoms with Crippen LogP contribution in [-0.2, 0) is 34.5 Å². The second-order valence-corrected chi connectivity index (χ2v) is 9.20. The first kappa shape index (κ1) is 23.2. The van der Waals surface area contributed by atoms with Crippen LogP contribution in [0.3, 0.4) is 0 Å². The van der Waals surface area contributed by atoms with Gasteiger partial charge in [0.2, 0.25) is 0 Å². The average Bonchev–Trinajstić information content (AvgIpc) is 3.30. The maximum absolute atomic E-state index is 12.8. The number of aromatic nitrogens is 1. The Bertz CT molecular complexity index is 1160. The molecule has 1 amide bonds. The molecule has 1 aliphatic heterocycles. The molecule has 1 atom stereocenters. The molecule has 2 aliphatic rings. The first-order valence-corrected chi connectivity index (χ1v) is 11.9. The lowest BCUT2D eigenvalue weighted by atomic mass is 9.93. The fourth-order valence-electron chi connectivity index (χ4n) is 4.80. The molecule has 1 saturated heterocycles. The number of rotatable bonds is 6. The van der Waals surface area contributed by atoms with Gasteiger partial charge in [0.05, 0.1) is 20.3 Å². The second-order valence-electron chi connectivity index (χ2n) is 9.20. The van der Waals surface area contributed by atoms with Gasteiger partial charge in [0.1, 0.15) is 18.3 Å². The third kappa shape index (κ3) is 5.10. The number of hydrogen-bond acceptors (Lipinski definition) is 6. The highest BCUT2D eigenvalue weighted by molar-refractivity contribution is 5.68. The lowest BCUT2D eigenvalue weighted by Gasteiger charge is -2.40. The van der Waals surface area contributed by atoms with E-state index in [0.29, 0.717) is 31.2 Å². The van der Waals surface area contributed by atoms with Crippen LogP contribution in [0.15, 0.2) is 67.0 Å². The molecule has 1 fully saturated rings. The van der Waals surface area contributed by atoms with Gasteiger partial charge in [0.25, 0.3) is 0 Å². The molecule has 1 unspecified atom stereocenters. The molecule has 0 spiro atoms. The smallest absolute Gasteiger partial charge is 0.410 e. The number of nitrogens with zero attached hydrogens (tertiary/aromatic N) is 2. The Morgan fingerprint density at radius 2 is 1.91 bits per heavy atom. The predicted octanol–water partition coefficient (Wildman–Crippen LogP) is 4.52. The summed E-state index contributed by atoms with van der Waals surface area (Å²) in [7, 11) is 1.64. The monoisotopic (exact) mass is 474 g/mol. The van der Waals surface area contributed by atoms with Gasteiger partial charge in [-0.05, 0) is 41.8 Å². The summed E-state index contributed by atoms with van der Waals surface area (Å²) in [5.74, 6) is 1.36. The molecule has 35 heavy (non-hydrogen) atoms. The molecule has 0 radical (unpaired) electrons. The van der Waals surface area contributed by atoms with Crippen molar-refractivity contribution in [1.82, 2.24) is 9.88 Å². The maximum Gasteiger partial charge on any atom is 0.410 e. The Hall–Kier alpha value is -3.58. The summed E-state index contributed by atoms with van der Waals surface area (Å²) in [6, 6.07) is 18.0. The molecule has 1 aliphatic carbocycles. The molecule has 7 heteroatoms. The van der Waals surface area contributed by atoms with Crippen molar-refractivity contribution >= 4 is 6.09 Å². The van der Waals surface area contributed by atoms with Crippen molar-refractivity contribution in [1.29, 1.82) is 0 Å². The van der Waals surface area contributed by atoms with Crippen LogP contribution in [0.1, 0.15) is 29.2 Å². The van der Waals surface area contributed by atoms with Crippen molar-refractivity contribution in [3.05, 3.63) is 89.2 Å². The van der Waals surface area contributed by atoms with E-state index in [0.717, 1.165) is 24.0 Å². The molecule has 0 N–H and O–H groups in total. The van der Waals surface area contributed by atoms with E-state index < -0.39 is 5.60 Å². The highest BCUT2D eigenvalue weighted by atomic mass is 16.6. The van der Waals surface area contributed by atoms with Gasteiger partial charge >= 0.3 is 6.09 Å². The number of amides is 1. The van der Waals surface area contributed by atoms with Gasteiger partial charge in [0.15, 0.2) is 11.5 Å². The van der Waals surface area contributed by atoms with Gasteiger partial charge in [-0.25, -0.2) is 4.79 Å². The summed E-state index contributed by atoms with van der Waals surface area (Å²) in [5, 5.41) is 0. The van der Waals surface area contributed by atoms with E-state index in [2.05, 4.69) is 29.2 Å². The highest BCUT2D eigenvalue weighted by Crippen LogP contribution is 2.38. The molecule has 7 nitrogen and oxygen atoms in total. The standard InChI is InChI=1S/C28H30N2O5/c1-28(19-30(12-13-34-28)27(31)33-18-20-6-5-11-29-17-20)23-9-10-25(32-2)26(16-23)35-24-14-21-7-3-4-8-22(21)15-24/h3-11,16-17,24H,12-15,18-19H2,1-2H3. The van der Waals surface area contributed by atoms with E-state index in [1.807, 2.05) is 37.3 Å². The molecule has 2 heterocycles. The van der Waals surface area contributed by atoms with E-state index in [9.17, 15) is 4.79 Å². The molecule has 3 aromatic rings. The average molecular weight is 475 g/mol. The molecular formula is C28H30N2O5. The van der Waals surface area contributed by atoms with Gasteiger partial charge in [0, 0.05) is 37.3 Å². The summed E-state index contributed by atoms with van der Waals surface area (Å²) < 4.78 is 23.7. The van der Waals surface area contributed by atoms with Gasteiger partial charge in [-0.2, -0.15) is 0 Å². The van der Waals surface area contributed by atoms with Crippen molar-refractivity contribution < 1.29 is 23.7 Å². The van der Waals surface area contributed by atoms with Crippen molar-refractivity contribution in [2.24, 2.45) is 0 Å². The summed E-state index contributed by atoms with van der Waals surface area (Å²) in [6.07, 6.45) is 4.81. The highest BCUT2D eigenvalue weighted by Gasteiger charge is 2.37. The van der Waals surface area contributed by atoms with Crippen LogP contribution < -0.4 is 9.47 Å². The van der Waals surface area contributed by atoms with Crippen LogP contribution in [0, 0.1) is 0 Å². The summed E-state index contributed by atoms with van der Waals surface area (Å²) >= 11 is 0. The molecule has 1 aromatic heterocycles. The number of fused-ring (bicyclic) bond motifs is 1. The molecule has 0 saturated carbocycles. The van der Waals surface area contributed by atoms with E-state index in [1.54, 1.807) is 24.4 Å². The fourth-order valence-corrected chi connectivity index (χ4v) is 4.80. The minimum atomic E-state index is -0.700. The van der Waals surface area contributed by atoms with Gasteiger partial charge in [-0.3, -0.25) is 4.98 Å². The number of ether oxygens (including phenoxy) is 4. The third-order valence-electron chi connectivity index (χ3n) is 6.70. The van der Waals surface area contributed by atoms with Gasteiger partial charge < -0.3 is 23.8 Å². The number of morpholine rings is 1. The summed E-state index contributed by atoms with van der Waals surface area (Å²) in [6.45, 7) is 3.44. The van der Waals surface area contributed by atoms with E-state index in [-0.39, 0.29) is 18.8 Å². The molecule has 5 rings (SSSR count). The van der Waals surface area contributed by atoms with Crippen LogP contribution in [0.4, 0.5) is 4.79 Å². The van der Waals surface area contributed by atoms with Crippen LogP contribution in [0.2, 0.25) is 0 Å². The number of carbonyl (C=O) groups is 1. The predicted molar refractivity (Wildman–Crippen MR) is 131 cm³/mol. The van der Waals surface area contributed by atoms with Crippen molar-refractivity contribution in [2.75, 3.05) is 26.8 Å². The Morgan fingerprint density at radius 1 is 1.11 bits per heavy atom. The molecule has 0 bridgehead atoms. The minimum Gasteiger partial charge on any atom is -0.493 e. The molecule has 2 aromatic carbocycles. The maximum atomic E-state index is 12.8. The summed E-state index contributed by atoms with van der Waals surface area (Å²) in [5.41, 5.74) is 3.73. The lowest BCUT2D eigenvalue weighted by Crippen LogP contribution is -2.50. The first-order valence-electron chi connectivity index (χ1n) is 11.9. The molecular weight excluding hydrogens is 444 g/mol. The number of hydrogen-bond donors (Lipinski definition) is 0. The number of methoxy groups -OCH3 is 1. The number of pyridine rings is 1. The number of carbonyl (C=O) groups excluding carboxylic acids is 1. The topological polar surface area (TPSA) is 70.1 Å². The third-order valence-corrected chi connectivity index (χ3v) is 6.70. The Balaban J connectivity index is 1.29. The largest absolute Gasteiger partial charge is 0.493 e. The second kappa shape index (κ2) is 9.96. The fraction of sp³-hybridized carbons (Fsp3) is 0.357. The minimum absolute atomic E-state index is 0.0515. The Labute approximate surface area is 205 Å². The zero-order valence-electron chi connectivity index (χ0n) is 20.1. The first-order chi connectivity index (χ1) is 17.0. The lowest BCUT2D eigenvalue weighted by molar-refractivity contribution is -0.0980. The Kier molecular flexibility index (Phi) is 6.59. The van der Waals surface area contributed by atoms with E-state index in [1.165, 1.54) is 11.1 Å². The molecule has 182 valence electrons. The van der Waals surface area contributed by atoms with Crippen molar-refractivity contribution in [3.63, 3.8) is 0 Å². The van der Waals surface area contributed by atoms with Crippen molar-refractivity contribution in [3.8, 4) is 11.5 Å². The SMILES string of the molecule is COc1ccc(C2(C)CN(C(=O)OCc3cccnc3)CCO2)cc1OC1Cc2ccccc2C1.